The van der Waals surface area contributed by atoms with Gasteiger partial charge in [-0.05, 0) is 61.3 Å². The molecule has 1 aromatic carbocycles. The highest BCUT2D eigenvalue weighted by Crippen LogP contribution is 2.45. The van der Waals surface area contributed by atoms with Crippen LogP contribution >= 0.6 is 0 Å². The second kappa shape index (κ2) is 9.74. The lowest BCUT2D eigenvalue weighted by molar-refractivity contribution is -0.149. The van der Waals surface area contributed by atoms with E-state index in [1.165, 1.54) is 19.3 Å². The van der Waals surface area contributed by atoms with E-state index in [2.05, 4.69) is 4.99 Å². The van der Waals surface area contributed by atoms with E-state index in [4.69, 9.17) is 18.9 Å². The number of rotatable bonds is 10. The first-order chi connectivity index (χ1) is 13.2. The number of carbonyl (C=O) groups is 1. The van der Waals surface area contributed by atoms with Crippen molar-refractivity contribution in [2.24, 2.45) is 16.8 Å². The molecule has 148 valence electrons. The maximum Gasteiger partial charge on any atom is 0.327 e. The van der Waals surface area contributed by atoms with Crippen LogP contribution in [-0.4, -0.2) is 52.3 Å². The first-order valence-corrected chi connectivity index (χ1v) is 9.68. The summed E-state index contributed by atoms with van der Waals surface area (Å²) in [5.41, 5.74) is 0.852. The predicted octanol–water partition coefficient (Wildman–Crippen LogP) is 3.26. The van der Waals surface area contributed by atoms with Gasteiger partial charge in [0.2, 0.25) is 0 Å². The molecule has 2 unspecified atom stereocenters. The molecule has 2 fully saturated rings. The summed E-state index contributed by atoms with van der Waals surface area (Å²) in [4.78, 5) is 16.3. The molecule has 0 aromatic heterocycles. The first kappa shape index (κ1) is 19.7. The largest absolute Gasteiger partial charge is 0.493 e. The van der Waals surface area contributed by atoms with Crippen molar-refractivity contribution in [1.82, 2.24) is 0 Å². The van der Waals surface area contributed by atoms with Gasteiger partial charge in [0, 0.05) is 26.4 Å². The molecule has 0 saturated heterocycles. The number of nitrogens with zero attached hydrogens (tertiary/aromatic N) is 1. The van der Waals surface area contributed by atoms with Gasteiger partial charge in [-0.25, -0.2) is 0 Å². The van der Waals surface area contributed by atoms with Crippen LogP contribution in [0.5, 0.6) is 11.5 Å². The Kier molecular flexibility index (Phi) is 7.10. The van der Waals surface area contributed by atoms with Crippen LogP contribution in [0.3, 0.4) is 0 Å². The summed E-state index contributed by atoms with van der Waals surface area (Å²) in [5, 5.41) is 0. The molecule has 2 bridgehead atoms. The maximum absolute atomic E-state index is 12.0. The summed E-state index contributed by atoms with van der Waals surface area (Å²) in [5.74, 6) is 2.41. The van der Waals surface area contributed by atoms with E-state index < -0.39 is 0 Å². The Bertz CT molecular complexity index is 660. The van der Waals surface area contributed by atoms with Gasteiger partial charge < -0.3 is 18.9 Å². The second-order valence-corrected chi connectivity index (χ2v) is 7.28. The van der Waals surface area contributed by atoms with Crippen LogP contribution in [0.2, 0.25) is 0 Å². The fourth-order valence-electron chi connectivity index (χ4n) is 4.03. The molecule has 0 N–H and O–H groups in total. The Labute approximate surface area is 160 Å². The van der Waals surface area contributed by atoms with Crippen LogP contribution < -0.4 is 9.47 Å². The lowest BCUT2D eigenvalue weighted by Crippen LogP contribution is -2.25. The third kappa shape index (κ3) is 5.45. The van der Waals surface area contributed by atoms with Gasteiger partial charge in [-0.3, -0.25) is 9.79 Å². The van der Waals surface area contributed by atoms with Gasteiger partial charge in [-0.2, -0.15) is 0 Å². The van der Waals surface area contributed by atoms with Crippen molar-refractivity contribution in [3.05, 3.63) is 23.8 Å². The Hall–Kier alpha value is -2.08. The Balaban J connectivity index is 1.49. The minimum Gasteiger partial charge on any atom is -0.493 e. The van der Waals surface area contributed by atoms with Gasteiger partial charge in [0.15, 0.2) is 11.5 Å². The van der Waals surface area contributed by atoms with Crippen LogP contribution in [0, 0.1) is 11.8 Å². The number of methoxy groups -OCH3 is 2. The van der Waals surface area contributed by atoms with Crippen molar-refractivity contribution < 1.29 is 23.7 Å². The lowest BCUT2D eigenvalue weighted by atomic mass is 9.98. The average molecular weight is 375 g/mol. The molecule has 27 heavy (non-hydrogen) atoms. The summed E-state index contributed by atoms with van der Waals surface area (Å²) in [6.07, 6.45) is 7.33. The highest BCUT2D eigenvalue weighted by atomic mass is 16.5. The molecule has 3 rings (SSSR count). The van der Waals surface area contributed by atoms with E-state index in [1.807, 2.05) is 18.2 Å². The summed E-state index contributed by atoms with van der Waals surface area (Å²) in [6.45, 7) is 1.23. The molecule has 0 radical (unpaired) electrons. The summed E-state index contributed by atoms with van der Waals surface area (Å²) >= 11 is 0. The molecule has 0 spiro atoms. The highest BCUT2D eigenvalue weighted by molar-refractivity contribution is 5.83. The Morgan fingerprint density at radius 3 is 2.78 bits per heavy atom. The number of fused-ring (bicyclic) bond motifs is 2. The molecule has 2 aliphatic rings. The van der Waals surface area contributed by atoms with E-state index in [0.29, 0.717) is 30.6 Å². The predicted molar refractivity (Wildman–Crippen MR) is 103 cm³/mol. The minimum absolute atomic E-state index is 0.0456. The minimum atomic E-state index is -0.242. The Morgan fingerprint density at radius 2 is 2.07 bits per heavy atom. The van der Waals surface area contributed by atoms with Gasteiger partial charge >= 0.3 is 5.97 Å². The molecule has 0 amide bonds. The molecule has 2 saturated carbocycles. The molecule has 1 aromatic rings. The quantitative estimate of drug-likeness (QED) is 0.357. The van der Waals surface area contributed by atoms with Crippen LogP contribution in [0.1, 0.15) is 37.7 Å². The SMILES string of the molecule is COCCCOc1cc(/C=N/CC(=O)O[C@@H]2CC3CCC2C3)ccc1OC. The molecule has 0 heterocycles. The standard InChI is InChI=1S/C21H29NO5/c1-24-8-3-9-26-20-12-16(5-7-18(20)25-2)13-22-14-21(23)27-19-11-15-4-6-17(19)10-15/h5,7,12-13,15,17,19H,3-4,6,8-11,14H2,1-2H3/b22-13+/t15?,17?,19-/m1/s1. The van der Waals surface area contributed by atoms with Gasteiger partial charge in [-0.1, -0.05) is 0 Å². The van der Waals surface area contributed by atoms with Crippen molar-refractivity contribution in [2.75, 3.05) is 34.0 Å². The third-order valence-electron chi connectivity index (χ3n) is 5.35. The zero-order valence-electron chi connectivity index (χ0n) is 16.2. The van der Waals surface area contributed by atoms with E-state index in [9.17, 15) is 4.79 Å². The van der Waals surface area contributed by atoms with E-state index >= 15 is 0 Å². The maximum atomic E-state index is 12.0. The normalized spacial score (nSPS) is 23.7. The van der Waals surface area contributed by atoms with E-state index in [1.54, 1.807) is 20.4 Å². The number of aliphatic imine (C=N–C) groups is 1. The van der Waals surface area contributed by atoms with Crippen LogP contribution in [0.15, 0.2) is 23.2 Å². The molecular weight excluding hydrogens is 346 g/mol. The topological polar surface area (TPSA) is 66.4 Å². The molecule has 3 atom stereocenters. The summed E-state index contributed by atoms with van der Waals surface area (Å²) < 4.78 is 21.7. The van der Waals surface area contributed by atoms with Crippen molar-refractivity contribution >= 4 is 12.2 Å². The third-order valence-corrected chi connectivity index (χ3v) is 5.35. The molecule has 0 aliphatic heterocycles. The molecule has 6 nitrogen and oxygen atoms in total. The summed E-state index contributed by atoms with van der Waals surface area (Å²) in [7, 11) is 3.27. The van der Waals surface area contributed by atoms with E-state index in [0.717, 1.165) is 24.3 Å². The summed E-state index contributed by atoms with van der Waals surface area (Å²) in [6, 6.07) is 5.57. The van der Waals surface area contributed by atoms with Gasteiger partial charge in [-0.15, -0.1) is 0 Å². The molecule has 6 heteroatoms. The number of benzene rings is 1. The smallest absolute Gasteiger partial charge is 0.327 e. The number of hydrogen-bond donors (Lipinski definition) is 0. The van der Waals surface area contributed by atoms with Crippen LogP contribution in [0.4, 0.5) is 0 Å². The zero-order chi connectivity index (χ0) is 19.1. The van der Waals surface area contributed by atoms with Gasteiger partial charge in [0.05, 0.1) is 13.7 Å². The number of carbonyl (C=O) groups excluding carboxylic acids is 1. The Morgan fingerprint density at radius 1 is 1.19 bits per heavy atom. The number of hydrogen-bond acceptors (Lipinski definition) is 6. The van der Waals surface area contributed by atoms with Crippen molar-refractivity contribution in [3.63, 3.8) is 0 Å². The number of esters is 1. The van der Waals surface area contributed by atoms with Crippen LogP contribution in [0.25, 0.3) is 0 Å². The highest BCUT2D eigenvalue weighted by Gasteiger charge is 2.41. The average Bonchev–Trinajstić information content (AvgIpc) is 3.28. The van der Waals surface area contributed by atoms with Crippen molar-refractivity contribution in [3.8, 4) is 11.5 Å². The first-order valence-electron chi connectivity index (χ1n) is 9.68. The van der Waals surface area contributed by atoms with E-state index in [-0.39, 0.29) is 18.6 Å². The molecular formula is C21H29NO5. The van der Waals surface area contributed by atoms with Crippen LogP contribution in [-0.2, 0) is 14.3 Å². The van der Waals surface area contributed by atoms with Crippen molar-refractivity contribution in [1.29, 1.82) is 0 Å². The van der Waals surface area contributed by atoms with Crippen molar-refractivity contribution in [2.45, 2.75) is 38.2 Å². The van der Waals surface area contributed by atoms with Gasteiger partial charge in [0.1, 0.15) is 12.6 Å². The monoisotopic (exact) mass is 375 g/mol. The fraction of sp³-hybridized carbons (Fsp3) is 0.619. The second-order valence-electron chi connectivity index (χ2n) is 7.28. The lowest BCUT2D eigenvalue weighted by Gasteiger charge is -2.21. The zero-order valence-corrected chi connectivity index (χ0v) is 16.2. The van der Waals surface area contributed by atoms with Gasteiger partial charge in [0.25, 0.3) is 0 Å². The fourth-order valence-corrected chi connectivity index (χ4v) is 4.03. The number of ether oxygens (including phenoxy) is 4. The molecule has 2 aliphatic carbocycles.